The van der Waals surface area contributed by atoms with Crippen LogP contribution < -0.4 is 0 Å². The molecule has 5 nitrogen and oxygen atoms in total. The van der Waals surface area contributed by atoms with E-state index in [9.17, 15) is 4.79 Å². The highest BCUT2D eigenvalue weighted by Crippen LogP contribution is 2.24. The first kappa shape index (κ1) is 13.7. The van der Waals surface area contributed by atoms with Gasteiger partial charge in [-0.15, -0.1) is 0 Å². The first-order valence-electron chi connectivity index (χ1n) is 5.63. The lowest BCUT2D eigenvalue weighted by molar-refractivity contribution is -0.138. The Morgan fingerprint density at radius 3 is 2.59 bits per heavy atom. The van der Waals surface area contributed by atoms with Gasteiger partial charge >= 0.3 is 5.97 Å². The number of aryl methyl sites for hydroxylation is 1. The quantitative estimate of drug-likeness (QED) is 0.858. The van der Waals surface area contributed by atoms with Crippen LogP contribution >= 0.6 is 0 Å². The summed E-state index contributed by atoms with van der Waals surface area (Å²) < 4.78 is 1.78. The molecule has 5 heteroatoms. The molecule has 0 bridgehead atoms. The fourth-order valence-electron chi connectivity index (χ4n) is 1.86. The Bertz CT molecular complexity index is 404. The molecular weight excluding hydrogens is 218 g/mol. The molecule has 0 unspecified atom stereocenters. The first-order chi connectivity index (χ1) is 7.70. The van der Waals surface area contributed by atoms with Crippen LogP contribution in [-0.2, 0) is 23.8 Å². The van der Waals surface area contributed by atoms with Crippen molar-refractivity contribution in [3.05, 3.63) is 17.5 Å². The van der Waals surface area contributed by atoms with E-state index in [0.29, 0.717) is 6.54 Å². The van der Waals surface area contributed by atoms with Crippen molar-refractivity contribution < 1.29 is 9.90 Å². The van der Waals surface area contributed by atoms with E-state index in [4.69, 9.17) is 5.11 Å². The number of likely N-dealkylation sites (N-methyl/N-ethyl adjacent to an activating group) is 1. The molecule has 17 heavy (non-hydrogen) atoms. The highest BCUT2D eigenvalue weighted by Gasteiger charge is 2.22. The molecule has 0 saturated carbocycles. The molecular formula is C12H21N3O2. The third kappa shape index (κ3) is 3.85. The van der Waals surface area contributed by atoms with Gasteiger partial charge in [0.1, 0.15) is 0 Å². The van der Waals surface area contributed by atoms with Crippen molar-refractivity contribution in [1.29, 1.82) is 0 Å². The van der Waals surface area contributed by atoms with Gasteiger partial charge in [0.25, 0.3) is 0 Å². The van der Waals surface area contributed by atoms with Crippen molar-refractivity contribution in [1.82, 2.24) is 14.7 Å². The maximum absolute atomic E-state index is 10.6. The Hall–Kier alpha value is -1.36. The molecule has 0 aliphatic carbocycles. The SMILES string of the molecule is CN(CC(=O)O)Cc1cn(C)nc1C(C)(C)C. The summed E-state index contributed by atoms with van der Waals surface area (Å²) in [5, 5.41) is 13.2. The minimum atomic E-state index is -0.811. The van der Waals surface area contributed by atoms with E-state index in [0.717, 1.165) is 11.3 Å². The van der Waals surface area contributed by atoms with E-state index in [2.05, 4.69) is 25.9 Å². The second kappa shape index (κ2) is 4.87. The van der Waals surface area contributed by atoms with Gasteiger partial charge in [0.15, 0.2) is 0 Å². The summed E-state index contributed by atoms with van der Waals surface area (Å²) in [7, 11) is 3.68. The molecule has 0 aliphatic rings. The van der Waals surface area contributed by atoms with Crippen molar-refractivity contribution in [2.24, 2.45) is 7.05 Å². The molecule has 0 radical (unpaired) electrons. The molecule has 1 rings (SSSR count). The summed E-state index contributed by atoms with van der Waals surface area (Å²) >= 11 is 0. The van der Waals surface area contributed by atoms with Gasteiger partial charge in [0, 0.05) is 30.8 Å². The van der Waals surface area contributed by atoms with Crippen molar-refractivity contribution in [2.45, 2.75) is 32.7 Å². The largest absolute Gasteiger partial charge is 0.480 e. The van der Waals surface area contributed by atoms with Crippen molar-refractivity contribution in [2.75, 3.05) is 13.6 Å². The Morgan fingerprint density at radius 2 is 2.12 bits per heavy atom. The van der Waals surface area contributed by atoms with Crippen LogP contribution in [0.2, 0.25) is 0 Å². The highest BCUT2D eigenvalue weighted by molar-refractivity contribution is 5.69. The van der Waals surface area contributed by atoms with E-state index in [1.54, 1.807) is 16.6 Å². The number of hydrogen-bond acceptors (Lipinski definition) is 3. The number of rotatable bonds is 4. The van der Waals surface area contributed by atoms with Gasteiger partial charge in [-0.25, -0.2) is 0 Å². The third-order valence-electron chi connectivity index (χ3n) is 2.46. The topological polar surface area (TPSA) is 58.4 Å². The zero-order chi connectivity index (χ0) is 13.2. The number of carboxylic acid groups (broad SMARTS) is 1. The zero-order valence-electron chi connectivity index (χ0n) is 11.2. The van der Waals surface area contributed by atoms with E-state index < -0.39 is 5.97 Å². The molecule has 0 aliphatic heterocycles. The van der Waals surface area contributed by atoms with Gasteiger partial charge in [0.2, 0.25) is 0 Å². The molecule has 1 aromatic rings. The molecule has 96 valence electrons. The number of carbonyl (C=O) groups is 1. The summed E-state index contributed by atoms with van der Waals surface area (Å²) in [6.07, 6.45) is 1.96. The highest BCUT2D eigenvalue weighted by atomic mass is 16.4. The fraction of sp³-hybridized carbons (Fsp3) is 0.667. The Labute approximate surface area is 102 Å². The summed E-state index contributed by atoms with van der Waals surface area (Å²) in [5.74, 6) is -0.811. The van der Waals surface area contributed by atoms with E-state index >= 15 is 0 Å². The Balaban J connectivity index is 2.87. The van der Waals surface area contributed by atoms with E-state index in [1.807, 2.05) is 13.2 Å². The predicted molar refractivity (Wildman–Crippen MR) is 65.9 cm³/mol. The molecule has 1 aromatic heterocycles. The van der Waals surface area contributed by atoms with Gasteiger partial charge in [-0.05, 0) is 7.05 Å². The lowest BCUT2D eigenvalue weighted by Gasteiger charge is -2.20. The van der Waals surface area contributed by atoms with Crippen molar-refractivity contribution >= 4 is 5.97 Å². The van der Waals surface area contributed by atoms with Gasteiger partial charge in [-0.3, -0.25) is 14.4 Å². The van der Waals surface area contributed by atoms with Gasteiger partial charge < -0.3 is 5.11 Å². The predicted octanol–water partition coefficient (Wildman–Crippen LogP) is 1.23. The van der Waals surface area contributed by atoms with Crippen LogP contribution in [0.25, 0.3) is 0 Å². The Kier molecular flexibility index (Phi) is 3.93. The summed E-state index contributed by atoms with van der Waals surface area (Å²) in [4.78, 5) is 12.4. The standard InChI is InChI=1S/C12H21N3O2/c1-12(2,3)11-9(7-15(5)13-11)6-14(4)8-10(16)17/h7H,6,8H2,1-5H3,(H,16,17). The monoisotopic (exact) mass is 239 g/mol. The van der Waals surface area contributed by atoms with E-state index in [-0.39, 0.29) is 12.0 Å². The lowest BCUT2D eigenvalue weighted by atomic mass is 9.89. The van der Waals surface area contributed by atoms with Crippen LogP contribution in [0.1, 0.15) is 32.0 Å². The normalized spacial score (nSPS) is 12.1. The molecule has 0 spiro atoms. The molecule has 0 saturated heterocycles. The van der Waals surface area contributed by atoms with Crippen LogP contribution in [-0.4, -0.2) is 39.3 Å². The van der Waals surface area contributed by atoms with Crippen LogP contribution in [0.4, 0.5) is 0 Å². The second-order valence-corrected chi connectivity index (χ2v) is 5.49. The number of nitrogens with zero attached hydrogens (tertiary/aromatic N) is 3. The van der Waals surface area contributed by atoms with Crippen LogP contribution in [0, 0.1) is 0 Å². The number of carboxylic acids is 1. The average molecular weight is 239 g/mol. The molecule has 0 atom stereocenters. The zero-order valence-corrected chi connectivity index (χ0v) is 11.2. The Morgan fingerprint density at radius 1 is 1.53 bits per heavy atom. The lowest BCUT2D eigenvalue weighted by Crippen LogP contribution is -2.26. The van der Waals surface area contributed by atoms with E-state index in [1.165, 1.54) is 0 Å². The van der Waals surface area contributed by atoms with Crippen molar-refractivity contribution in [3.63, 3.8) is 0 Å². The number of hydrogen-bond donors (Lipinski definition) is 1. The molecule has 0 fully saturated rings. The summed E-state index contributed by atoms with van der Waals surface area (Å²) in [5.41, 5.74) is 2.08. The maximum Gasteiger partial charge on any atom is 0.317 e. The van der Waals surface area contributed by atoms with Crippen LogP contribution in [0.3, 0.4) is 0 Å². The molecule has 0 amide bonds. The fourth-order valence-corrected chi connectivity index (χ4v) is 1.86. The van der Waals surface area contributed by atoms with Gasteiger partial charge in [-0.2, -0.15) is 5.10 Å². The van der Waals surface area contributed by atoms with Crippen LogP contribution in [0.5, 0.6) is 0 Å². The summed E-state index contributed by atoms with van der Waals surface area (Å²) in [6, 6.07) is 0. The van der Waals surface area contributed by atoms with Gasteiger partial charge in [0.05, 0.1) is 12.2 Å². The van der Waals surface area contributed by atoms with Gasteiger partial charge in [-0.1, -0.05) is 20.8 Å². The number of aromatic nitrogens is 2. The maximum atomic E-state index is 10.6. The molecule has 1 N–H and O–H groups in total. The smallest absolute Gasteiger partial charge is 0.317 e. The minimum Gasteiger partial charge on any atom is -0.480 e. The first-order valence-corrected chi connectivity index (χ1v) is 5.63. The minimum absolute atomic E-state index is 0.0271. The number of aliphatic carboxylic acids is 1. The summed E-state index contributed by atoms with van der Waals surface area (Å²) in [6.45, 7) is 6.97. The second-order valence-electron chi connectivity index (χ2n) is 5.49. The average Bonchev–Trinajstić information content (AvgIpc) is 2.43. The van der Waals surface area contributed by atoms with Crippen molar-refractivity contribution in [3.8, 4) is 0 Å². The molecule has 0 aromatic carbocycles. The van der Waals surface area contributed by atoms with Crippen LogP contribution in [0.15, 0.2) is 6.20 Å². The molecule has 1 heterocycles. The third-order valence-corrected chi connectivity index (χ3v) is 2.46.